The monoisotopic (exact) mass is 445 g/mol. The van der Waals surface area contributed by atoms with E-state index in [1.807, 2.05) is 57.2 Å². The molecule has 0 fully saturated rings. The van der Waals surface area contributed by atoms with Gasteiger partial charge in [-0.15, -0.1) is 0 Å². The summed E-state index contributed by atoms with van der Waals surface area (Å²) in [6, 6.07) is 13.1. The van der Waals surface area contributed by atoms with Gasteiger partial charge in [-0.3, -0.25) is 14.2 Å². The number of benzene rings is 2. The van der Waals surface area contributed by atoms with Gasteiger partial charge in [-0.05, 0) is 56.7 Å². The van der Waals surface area contributed by atoms with Crippen LogP contribution in [0.2, 0.25) is 0 Å². The Morgan fingerprint density at radius 1 is 1.30 bits per heavy atom. The van der Waals surface area contributed by atoms with Gasteiger partial charge in [-0.1, -0.05) is 39.8 Å². The predicted octanol–water partition coefficient (Wildman–Crippen LogP) is 4.61. The molecule has 0 saturated carbocycles. The molecule has 0 aliphatic carbocycles. The Morgan fingerprint density at radius 3 is 2.78 bits per heavy atom. The first kappa shape index (κ1) is 19.6. The van der Waals surface area contributed by atoms with Gasteiger partial charge in [0.2, 0.25) is 5.91 Å². The molecule has 7 heteroatoms. The van der Waals surface area contributed by atoms with Gasteiger partial charge in [0.1, 0.15) is 0 Å². The van der Waals surface area contributed by atoms with Crippen LogP contribution in [0.15, 0.2) is 56.9 Å². The van der Waals surface area contributed by atoms with E-state index in [2.05, 4.69) is 26.2 Å². The average molecular weight is 446 g/mol. The highest BCUT2D eigenvalue weighted by Gasteiger charge is 2.19. The van der Waals surface area contributed by atoms with Crippen molar-refractivity contribution >= 4 is 50.2 Å². The quantitative estimate of drug-likeness (QED) is 0.460. The van der Waals surface area contributed by atoms with Crippen molar-refractivity contribution in [3.8, 4) is 0 Å². The summed E-state index contributed by atoms with van der Waals surface area (Å²) in [5, 5.41) is 3.63. The maximum Gasteiger partial charge on any atom is 0.262 e. The third-order valence-electron chi connectivity index (χ3n) is 4.13. The third-order valence-corrected chi connectivity index (χ3v) is 5.72. The Morgan fingerprint density at radius 2 is 2.07 bits per heavy atom. The molecule has 140 valence electrons. The lowest BCUT2D eigenvalue weighted by Crippen LogP contribution is -2.26. The number of halogens is 1. The van der Waals surface area contributed by atoms with Crippen LogP contribution in [0.5, 0.6) is 0 Å². The number of hydrogen-bond donors (Lipinski definition) is 1. The highest BCUT2D eigenvalue weighted by Crippen LogP contribution is 2.25. The van der Waals surface area contributed by atoms with Crippen molar-refractivity contribution in [3.05, 3.63) is 62.9 Å². The van der Waals surface area contributed by atoms with Gasteiger partial charge in [0, 0.05) is 16.7 Å². The molecule has 0 aliphatic rings. The molecule has 1 N–H and O–H groups in total. The summed E-state index contributed by atoms with van der Waals surface area (Å²) in [5.41, 5.74) is 2.37. The minimum Gasteiger partial charge on any atom is -0.325 e. The molecule has 5 nitrogen and oxygen atoms in total. The highest BCUT2D eigenvalue weighted by molar-refractivity contribution is 9.10. The largest absolute Gasteiger partial charge is 0.325 e. The molecule has 2 aromatic carbocycles. The number of fused-ring (bicyclic) bond motifs is 1. The number of thioether (sulfide) groups is 1. The molecule has 27 heavy (non-hydrogen) atoms. The van der Waals surface area contributed by atoms with Crippen molar-refractivity contribution in [1.82, 2.24) is 9.55 Å². The van der Waals surface area contributed by atoms with Crippen LogP contribution in [0, 0.1) is 6.92 Å². The van der Waals surface area contributed by atoms with Crippen LogP contribution in [0.4, 0.5) is 5.69 Å². The van der Waals surface area contributed by atoms with Crippen molar-refractivity contribution in [1.29, 1.82) is 0 Å². The van der Waals surface area contributed by atoms with Gasteiger partial charge < -0.3 is 5.32 Å². The Kier molecular flexibility index (Phi) is 6.01. The Balaban J connectivity index is 1.87. The van der Waals surface area contributed by atoms with E-state index in [1.165, 1.54) is 11.8 Å². The van der Waals surface area contributed by atoms with Gasteiger partial charge in [0.15, 0.2) is 5.16 Å². The van der Waals surface area contributed by atoms with Crippen molar-refractivity contribution in [2.45, 2.75) is 37.7 Å². The van der Waals surface area contributed by atoms with Crippen molar-refractivity contribution in [2.75, 3.05) is 5.32 Å². The molecule has 3 rings (SSSR count). The summed E-state index contributed by atoms with van der Waals surface area (Å²) < 4.78 is 2.44. The van der Waals surface area contributed by atoms with E-state index in [0.717, 1.165) is 15.7 Å². The lowest BCUT2D eigenvalue weighted by atomic mass is 10.2. The fourth-order valence-electron chi connectivity index (χ4n) is 2.72. The zero-order chi connectivity index (χ0) is 19.6. The van der Waals surface area contributed by atoms with Crippen LogP contribution in [0.1, 0.15) is 19.4 Å². The number of rotatable bonds is 5. The fraction of sp³-hybridized carbons (Fsp3) is 0.250. The fourth-order valence-corrected chi connectivity index (χ4v) is 4.05. The molecule has 1 aromatic heterocycles. The van der Waals surface area contributed by atoms with E-state index in [-0.39, 0.29) is 11.5 Å². The second-order valence-electron chi connectivity index (χ2n) is 6.22. The normalized spacial score (nSPS) is 12.1. The predicted molar refractivity (Wildman–Crippen MR) is 115 cm³/mol. The number of carbonyl (C=O) groups is 1. The van der Waals surface area contributed by atoms with Crippen LogP contribution in [0.3, 0.4) is 0 Å². The smallest absolute Gasteiger partial charge is 0.262 e. The molecule has 1 amide bonds. The lowest BCUT2D eigenvalue weighted by Gasteiger charge is -2.15. The molecule has 3 aromatic rings. The number of anilines is 1. The molecule has 1 heterocycles. The highest BCUT2D eigenvalue weighted by atomic mass is 79.9. The number of amides is 1. The Bertz CT molecular complexity index is 1060. The van der Waals surface area contributed by atoms with Crippen LogP contribution >= 0.6 is 27.7 Å². The van der Waals surface area contributed by atoms with Crippen molar-refractivity contribution in [3.63, 3.8) is 0 Å². The zero-order valence-electron chi connectivity index (χ0n) is 15.3. The van der Waals surface area contributed by atoms with E-state index >= 15 is 0 Å². The first-order valence-corrected chi connectivity index (χ1v) is 10.3. The minimum absolute atomic E-state index is 0.0995. The maximum absolute atomic E-state index is 12.8. The summed E-state index contributed by atoms with van der Waals surface area (Å²) in [6.45, 7) is 6.18. The molecular formula is C20H20BrN3O2S. The van der Waals surface area contributed by atoms with E-state index in [9.17, 15) is 9.59 Å². The number of aromatic nitrogens is 2. The maximum atomic E-state index is 12.8. The van der Waals surface area contributed by atoms with Crippen LogP contribution in [-0.2, 0) is 11.3 Å². The molecule has 0 saturated heterocycles. The summed E-state index contributed by atoms with van der Waals surface area (Å²) in [7, 11) is 0. The van der Waals surface area contributed by atoms with Crippen molar-refractivity contribution in [2.24, 2.45) is 0 Å². The number of carbonyl (C=O) groups excluding carboxylic acids is 1. The van der Waals surface area contributed by atoms with E-state index in [1.54, 1.807) is 10.6 Å². The first-order valence-electron chi connectivity index (χ1n) is 8.63. The summed E-state index contributed by atoms with van der Waals surface area (Å²) in [4.78, 5) is 30.0. The molecule has 0 radical (unpaired) electrons. The summed E-state index contributed by atoms with van der Waals surface area (Å²) in [5.74, 6) is -0.126. The van der Waals surface area contributed by atoms with Gasteiger partial charge in [-0.25, -0.2) is 4.98 Å². The summed E-state index contributed by atoms with van der Waals surface area (Å²) >= 11 is 4.68. The van der Waals surface area contributed by atoms with Gasteiger partial charge >= 0.3 is 0 Å². The second-order valence-corrected chi connectivity index (χ2v) is 8.45. The van der Waals surface area contributed by atoms with E-state index in [4.69, 9.17) is 0 Å². The number of nitrogens with one attached hydrogen (secondary N) is 1. The minimum atomic E-state index is -0.400. The zero-order valence-corrected chi connectivity index (χ0v) is 17.7. The van der Waals surface area contributed by atoms with Crippen LogP contribution in [-0.4, -0.2) is 20.7 Å². The van der Waals surface area contributed by atoms with E-state index in [0.29, 0.717) is 22.6 Å². The van der Waals surface area contributed by atoms with Crippen LogP contribution < -0.4 is 10.9 Å². The van der Waals surface area contributed by atoms with Gasteiger partial charge in [0.25, 0.3) is 5.56 Å². The average Bonchev–Trinajstić information content (AvgIpc) is 2.62. The molecule has 1 unspecified atom stereocenters. The number of nitrogens with zero attached hydrogens (tertiary/aromatic N) is 2. The number of hydrogen-bond acceptors (Lipinski definition) is 4. The molecule has 1 atom stereocenters. The molecular weight excluding hydrogens is 426 g/mol. The standard InChI is InChI=1S/C20H20BrN3O2S/c1-4-24-19(26)16-11-14(21)8-9-17(16)23-20(24)27-13(3)18(25)22-15-7-5-6-12(2)10-15/h5-11,13H,4H2,1-3H3,(H,22,25). The number of aryl methyl sites for hydroxylation is 1. The topological polar surface area (TPSA) is 64.0 Å². The summed E-state index contributed by atoms with van der Waals surface area (Å²) in [6.07, 6.45) is 0. The van der Waals surface area contributed by atoms with Crippen molar-refractivity contribution < 1.29 is 4.79 Å². The van der Waals surface area contributed by atoms with E-state index < -0.39 is 5.25 Å². The first-order chi connectivity index (χ1) is 12.9. The Hall–Kier alpha value is -2.12. The molecule has 0 bridgehead atoms. The second kappa shape index (κ2) is 8.27. The van der Waals surface area contributed by atoms with Gasteiger partial charge in [-0.2, -0.15) is 0 Å². The third kappa shape index (κ3) is 4.42. The molecule has 0 aliphatic heterocycles. The lowest BCUT2D eigenvalue weighted by molar-refractivity contribution is -0.115. The van der Waals surface area contributed by atoms with Crippen LogP contribution in [0.25, 0.3) is 10.9 Å². The van der Waals surface area contributed by atoms with Gasteiger partial charge in [0.05, 0.1) is 16.2 Å². The molecule has 0 spiro atoms. The Labute approximate surface area is 170 Å². The SMILES string of the molecule is CCn1c(SC(C)C(=O)Nc2cccc(C)c2)nc2ccc(Br)cc2c1=O.